The smallest absolute Gasteiger partial charge is 0.407 e. The van der Waals surface area contributed by atoms with Crippen LogP contribution in [0, 0.1) is 0 Å². The van der Waals surface area contributed by atoms with Crippen LogP contribution in [0.3, 0.4) is 0 Å². The van der Waals surface area contributed by atoms with Crippen LogP contribution in [0.5, 0.6) is 0 Å². The van der Waals surface area contributed by atoms with E-state index in [9.17, 15) is 4.79 Å². The number of rotatable bonds is 7. The van der Waals surface area contributed by atoms with Gasteiger partial charge in [-0.3, -0.25) is 0 Å². The molecule has 1 amide bonds. The van der Waals surface area contributed by atoms with Crippen molar-refractivity contribution in [3.63, 3.8) is 0 Å². The fourth-order valence-electron chi connectivity index (χ4n) is 2.00. The first-order valence-corrected chi connectivity index (χ1v) is 7.22. The average Bonchev–Trinajstić information content (AvgIpc) is 2.22. The van der Waals surface area contributed by atoms with E-state index in [1.807, 2.05) is 27.7 Å². The Kier molecular flexibility index (Phi) is 6.58. The van der Waals surface area contributed by atoms with Crippen molar-refractivity contribution < 1.29 is 14.3 Å². The van der Waals surface area contributed by atoms with Crippen LogP contribution >= 0.6 is 0 Å². The van der Waals surface area contributed by atoms with Gasteiger partial charge < -0.3 is 20.1 Å². The van der Waals surface area contributed by atoms with Gasteiger partial charge in [-0.05, 0) is 53.5 Å². The van der Waals surface area contributed by atoms with Crippen LogP contribution in [0.15, 0.2) is 0 Å². The zero-order valence-electron chi connectivity index (χ0n) is 12.6. The van der Waals surface area contributed by atoms with Gasteiger partial charge in [0.05, 0.1) is 6.10 Å². The molecule has 0 heterocycles. The second-order valence-corrected chi connectivity index (χ2v) is 5.98. The summed E-state index contributed by atoms with van der Waals surface area (Å²) < 4.78 is 10.7. The number of nitrogens with one attached hydrogen (secondary N) is 2. The number of alkyl carbamates (subject to hydrolysis) is 1. The molecule has 0 unspecified atom stereocenters. The van der Waals surface area contributed by atoms with Crippen molar-refractivity contribution in [3.8, 4) is 0 Å². The maximum Gasteiger partial charge on any atom is 0.407 e. The fourth-order valence-corrected chi connectivity index (χ4v) is 2.00. The molecule has 0 radical (unpaired) electrons. The molecular formula is C14H28N2O3. The Labute approximate surface area is 116 Å². The lowest BCUT2D eigenvalue weighted by Crippen LogP contribution is -2.46. The van der Waals surface area contributed by atoms with E-state index in [-0.39, 0.29) is 6.09 Å². The third kappa shape index (κ3) is 7.38. The van der Waals surface area contributed by atoms with Crippen LogP contribution in [-0.2, 0) is 9.47 Å². The Balaban J connectivity index is 1.91. The van der Waals surface area contributed by atoms with Crippen molar-refractivity contribution in [2.45, 2.75) is 64.7 Å². The Hall–Kier alpha value is -0.810. The molecule has 1 rings (SSSR count). The molecule has 0 atom stereocenters. The van der Waals surface area contributed by atoms with E-state index < -0.39 is 5.60 Å². The van der Waals surface area contributed by atoms with E-state index in [4.69, 9.17) is 9.47 Å². The number of carbonyl (C=O) groups excluding carboxylic acids is 1. The van der Waals surface area contributed by atoms with E-state index in [0.717, 1.165) is 32.4 Å². The molecular weight excluding hydrogens is 244 g/mol. The first-order chi connectivity index (χ1) is 8.90. The molecule has 0 aromatic carbocycles. The highest BCUT2D eigenvalue weighted by Crippen LogP contribution is 2.22. The molecule has 2 N–H and O–H groups in total. The second-order valence-electron chi connectivity index (χ2n) is 5.98. The minimum absolute atomic E-state index is 0.340. The summed E-state index contributed by atoms with van der Waals surface area (Å²) >= 11 is 0. The number of hydrogen-bond donors (Lipinski definition) is 2. The molecule has 19 heavy (non-hydrogen) atoms. The highest BCUT2D eigenvalue weighted by molar-refractivity contribution is 5.67. The minimum atomic E-state index is -0.428. The van der Waals surface area contributed by atoms with Crippen LogP contribution in [0.2, 0.25) is 0 Å². The van der Waals surface area contributed by atoms with E-state index >= 15 is 0 Å². The normalized spacial score (nSPS) is 22.7. The van der Waals surface area contributed by atoms with Crippen LogP contribution in [-0.4, -0.2) is 43.5 Å². The van der Waals surface area contributed by atoms with Crippen molar-refractivity contribution in [2.24, 2.45) is 0 Å². The highest BCUT2D eigenvalue weighted by Gasteiger charge is 2.28. The maximum absolute atomic E-state index is 11.4. The molecule has 5 nitrogen and oxygen atoms in total. The predicted octanol–water partition coefficient (Wildman–Crippen LogP) is 2.06. The molecule has 1 saturated carbocycles. The van der Waals surface area contributed by atoms with Gasteiger partial charge in [-0.1, -0.05) is 0 Å². The SMILES string of the molecule is CCOC1CC(NCCCNC(=O)OC(C)(C)C)C1. The third-order valence-electron chi connectivity index (χ3n) is 2.95. The number of ether oxygens (including phenoxy) is 2. The Morgan fingerprint density at radius 3 is 2.53 bits per heavy atom. The van der Waals surface area contributed by atoms with Crippen molar-refractivity contribution in [2.75, 3.05) is 19.7 Å². The van der Waals surface area contributed by atoms with E-state index in [0.29, 0.717) is 18.7 Å². The third-order valence-corrected chi connectivity index (χ3v) is 2.95. The van der Waals surface area contributed by atoms with Gasteiger partial charge >= 0.3 is 6.09 Å². The topological polar surface area (TPSA) is 59.6 Å². The minimum Gasteiger partial charge on any atom is -0.444 e. The molecule has 1 fully saturated rings. The summed E-state index contributed by atoms with van der Waals surface area (Å²) in [6, 6.07) is 0.582. The van der Waals surface area contributed by atoms with E-state index in [2.05, 4.69) is 10.6 Å². The van der Waals surface area contributed by atoms with E-state index in [1.54, 1.807) is 0 Å². The van der Waals surface area contributed by atoms with Gasteiger partial charge in [0, 0.05) is 19.2 Å². The number of hydrogen-bond acceptors (Lipinski definition) is 4. The van der Waals surface area contributed by atoms with Crippen molar-refractivity contribution in [1.29, 1.82) is 0 Å². The first-order valence-electron chi connectivity index (χ1n) is 7.22. The summed E-state index contributed by atoms with van der Waals surface area (Å²) in [5, 5.41) is 6.21. The van der Waals surface area contributed by atoms with Gasteiger partial charge in [-0.25, -0.2) is 4.79 Å². The van der Waals surface area contributed by atoms with Crippen molar-refractivity contribution in [3.05, 3.63) is 0 Å². The molecule has 0 aromatic rings. The molecule has 0 bridgehead atoms. The molecule has 112 valence electrons. The van der Waals surface area contributed by atoms with Gasteiger partial charge in [-0.2, -0.15) is 0 Å². The van der Waals surface area contributed by atoms with Gasteiger partial charge in [0.2, 0.25) is 0 Å². The number of carbonyl (C=O) groups is 1. The molecule has 0 saturated heterocycles. The fraction of sp³-hybridized carbons (Fsp3) is 0.929. The maximum atomic E-state index is 11.4. The second kappa shape index (κ2) is 7.70. The van der Waals surface area contributed by atoms with Crippen LogP contribution < -0.4 is 10.6 Å². The van der Waals surface area contributed by atoms with Gasteiger partial charge in [-0.15, -0.1) is 0 Å². The molecule has 5 heteroatoms. The summed E-state index contributed by atoms with van der Waals surface area (Å²) in [7, 11) is 0. The molecule has 0 aromatic heterocycles. The Morgan fingerprint density at radius 1 is 1.26 bits per heavy atom. The molecule has 0 aliphatic heterocycles. The Bertz CT molecular complexity index is 270. The highest BCUT2D eigenvalue weighted by atomic mass is 16.6. The quantitative estimate of drug-likeness (QED) is 0.696. The number of amides is 1. The average molecular weight is 272 g/mol. The molecule has 0 spiro atoms. The lowest BCUT2D eigenvalue weighted by atomic mass is 9.89. The summed E-state index contributed by atoms with van der Waals surface area (Å²) in [6.07, 6.45) is 3.23. The van der Waals surface area contributed by atoms with Gasteiger partial charge in [0.1, 0.15) is 5.60 Å². The van der Waals surface area contributed by atoms with Crippen LogP contribution in [0.4, 0.5) is 4.79 Å². The predicted molar refractivity (Wildman–Crippen MR) is 75.3 cm³/mol. The first kappa shape index (κ1) is 16.2. The van der Waals surface area contributed by atoms with Gasteiger partial charge in [0.25, 0.3) is 0 Å². The summed E-state index contributed by atoms with van der Waals surface area (Å²) in [5.41, 5.74) is -0.428. The summed E-state index contributed by atoms with van der Waals surface area (Å²) in [4.78, 5) is 11.4. The Morgan fingerprint density at radius 2 is 1.95 bits per heavy atom. The zero-order valence-corrected chi connectivity index (χ0v) is 12.6. The molecule has 1 aliphatic rings. The summed E-state index contributed by atoms with van der Waals surface area (Å²) in [6.45, 7) is 9.97. The van der Waals surface area contributed by atoms with E-state index in [1.165, 1.54) is 0 Å². The van der Waals surface area contributed by atoms with Crippen molar-refractivity contribution in [1.82, 2.24) is 10.6 Å². The van der Waals surface area contributed by atoms with Crippen LogP contribution in [0.25, 0.3) is 0 Å². The monoisotopic (exact) mass is 272 g/mol. The largest absolute Gasteiger partial charge is 0.444 e. The zero-order chi connectivity index (χ0) is 14.3. The lowest BCUT2D eigenvalue weighted by molar-refractivity contribution is -0.00971. The standard InChI is InChI=1S/C14H28N2O3/c1-5-18-12-9-11(10-12)15-7-6-8-16-13(17)19-14(2,3)4/h11-12,15H,5-10H2,1-4H3,(H,16,17). The van der Waals surface area contributed by atoms with Crippen molar-refractivity contribution >= 4 is 6.09 Å². The van der Waals surface area contributed by atoms with Crippen LogP contribution in [0.1, 0.15) is 47.0 Å². The lowest BCUT2D eigenvalue weighted by Gasteiger charge is -2.35. The summed E-state index contributed by atoms with van der Waals surface area (Å²) in [5.74, 6) is 0. The molecule has 1 aliphatic carbocycles. The van der Waals surface area contributed by atoms with Gasteiger partial charge in [0.15, 0.2) is 0 Å².